The minimum atomic E-state index is -1.36. The Labute approximate surface area is 720 Å². The first-order valence-corrected chi connectivity index (χ1v) is 45.2. The van der Waals surface area contributed by atoms with E-state index in [1.165, 1.54) is 5.56 Å². The molecule has 7 N–H and O–H groups in total. The Morgan fingerprint density at radius 1 is 0.522 bits per heavy atom. The SMILES string of the molecule is BrCc1ccccc1.CC[C@@H](C(=O)[C@@H](C)[C@@H](O)[C@H](C)[C@@H]1O[C@@H]([C@@H](CC)C(C)=O)CC[C@@H]1C)[C@H]1O[C@]2(C=C[C@@H](O)[C@]3(CC[C@@](C)([C@H]4CC[C@](O)(CC)[C@H](C)O4)O3)O2)[C@H](C)C[C@@H]1C.CC[C@@H]([C-]=O)[C@H]1CC[C@H](C)[C@H]([C@@H](C)[C@H](O)[C@H](C)C(=O)[C@H](CC)[C@H]2O[C@]3(C=C[C@@H](O)[C@]4(CC[C@@](C)([C@H]5CC[C@](O)(CC)[C@H](C)O5)O4)O3)[C@H](C)C[C@@H]2C)O1.[Na+].[OH-]. The van der Waals surface area contributed by atoms with Gasteiger partial charge in [-0.25, -0.2) is 0 Å². The number of ketones is 3. The van der Waals surface area contributed by atoms with Crippen LogP contribution in [0.5, 0.6) is 0 Å². The van der Waals surface area contributed by atoms with Gasteiger partial charge in [0.15, 0.2) is 11.6 Å². The van der Waals surface area contributed by atoms with Crippen LogP contribution in [-0.2, 0) is 71.9 Å². The van der Waals surface area contributed by atoms with Crippen LogP contribution in [0.4, 0.5) is 0 Å². The summed E-state index contributed by atoms with van der Waals surface area (Å²) in [7, 11) is 0. The first kappa shape index (κ1) is 100. The molecule has 1 aromatic carbocycles. The largest absolute Gasteiger partial charge is 1.00 e. The van der Waals surface area contributed by atoms with Crippen molar-refractivity contribution >= 4 is 39.6 Å². The van der Waals surface area contributed by atoms with Crippen molar-refractivity contribution in [2.75, 3.05) is 0 Å². The summed E-state index contributed by atoms with van der Waals surface area (Å²) in [5.74, 6) is -8.25. The number of ether oxygens (including phenoxy) is 10. The molecule has 0 amide bonds. The zero-order valence-corrected chi connectivity index (χ0v) is 77.5. The van der Waals surface area contributed by atoms with Gasteiger partial charge in [-0.2, -0.15) is 0 Å². The Hall–Kier alpha value is -1.82. The molecule has 10 heterocycles. The molecule has 0 unspecified atom stereocenters. The monoisotopic (exact) mass is 1690 g/mol. The quantitative estimate of drug-likeness (QED) is 0.0229. The van der Waals surface area contributed by atoms with Crippen LogP contribution in [0.1, 0.15) is 279 Å². The van der Waals surface area contributed by atoms with Crippen molar-refractivity contribution in [3.8, 4) is 0 Å². The fraction of sp³-hybridized carbons (Fsp3) is 0.848. The summed E-state index contributed by atoms with van der Waals surface area (Å²) in [6.07, 6.45) is 15.2. The van der Waals surface area contributed by atoms with Crippen LogP contribution in [-0.4, -0.2) is 191 Å². The van der Waals surface area contributed by atoms with E-state index in [1.807, 2.05) is 127 Å². The molecule has 0 aromatic heterocycles. The first-order chi connectivity index (χ1) is 53.2. The van der Waals surface area contributed by atoms with Gasteiger partial charge in [0.1, 0.15) is 29.6 Å². The van der Waals surface area contributed by atoms with Crippen molar-refractivity contribution < 1.29 is 132 Å². The van der Waals surface area contributed by atoms with E-state index in [4.69, 9.17) is 47.4 Å². The van der Waals surface area contributed by atoms with Crippen molar-refractivity contribution in [2.45, 2.75) is 410 Å². The van der Waals surface area contributed by atoms with E-state index >= 15 is 0 Å². The van der Waals surface area contributed by atoms with Gasteiger partial charge in [0.25, 0.3) is 0 Å². The third-order valence-electron chi connectivity index (χ3n) is 29.9. The second-order valence-corrected chi connectivity index (χ2v) is 38.1. The summed E-state index contributed by atoms with van der Waals surface area (Å²) in [4.78, 5) is 52.9. The number of hydrogen-bond acceptors (Lipinski definition) is 21. The molecule has 115 heavy (non-hydrogen) atoms. The van der Waals surface area contributed by atoms with Crippen LogP contribution < -0.4 is 29.6 Å². The topological polar surface area (TPSA) is 312 Å². The Morgan fingerprint density at radius 2 is 0.913 bits per heavy atom. The van der Waals surface area contributed by atoms with E-state index in [0.29, 0.717) is 89.9 Å². The van der Waals surface area contributed by atoms with E-state index in [0.717, 1.165) is 43.9 Å². The Morgan fingerprint density at radius 3 is 1.25 bits per heavy atom. The van der Waals surface area contributed by atoms with Crippen LogP contribution in [0, 0.1) is 82.9 Å². The first-order valence-electron chi connectivity index (χ1n) is 44.1. The predicted molar refractivity (Wildman–Crippen MR) is 439 cm³/mol. The van der Waals surface area contributed by atoms with E-state index in [-0.39, 0.29) is 160 Å². The number of hydrogen-bond donors (Lipinski definition) is 6. The maximum Gasteiger partial charge on any atom is 1.00 e. The molecule has 0 aliphatic carbocycles. The van der Waals surface area contributed by atoms with Crippen molar-refractivity contribution in [1.82, 2.24) is 0 Å². The average molecular weight is 1690 g/mol. The molecule has 36 atom stereocenters. The number of benzene rings is 1. The third kappa shape index (κ3) is 21.1. The zero-order valence-electron chi connectivity index (χ0n) is 73.9. The van der Waals surface area contributed by atoms with Crippen molar-refractivity contribution in [3.05, 3.63) is 60.2 Å². The predicted octanol–water partition coefficient (Wildman–Crippen LogP) is 12.3. The molecular weight excluding hydrogens is 1540 g/mol. The smallest absolute Gasteiger partial charge is 0.870 e. The summed E-state index contributed by atoms with van der Waals surface area (Å²) >= 11 is 3.36. The third-order valence-corrected chi connectivity index (χ3v) is 30.6. The van der Waals surface area contributed by atoms with Crippen LogP contribution >= 0.6 is 15.9 Å². The number of Topliss-reactive ketones (excluding diaryl/α,β-unsaturated/α-hetero) is 3. The molecular formula is C92H149BrNaO21-. The number of halogens is 1. The van der Waals surface area contributed by atoms with Gasteiger partial charge in [0.05, 0.1) is 89.5 Å². The normalized spacial score (nSPS) is 43.1. The van der Waals surface area contributed by atoms with Crippen LogP contribution in [0.2, 0.25) is 0 Å². The van der Waals surface area contributed by atoms with Gasteiger partial charge < -0.3 is 88.3 Å². The fourth-order valence-electron chi connectivity index (χ4n) is 21.6. The molecule has 652 valence electrons. The van der Waals surface area contributed by atoms with Crippen LogP contribution in [0.25, 0.3) is 0 Å². The number of aliphatic hydroxyl groups excluding tert-OH is 4. The summed E-state index contributed by atoms with van der Waals surface area (Å²) in [5.41, 5.74) is -1.89. The molecule has 10 aliphatic rings. The van der Waals surface area contributed by atoms with E-state index < -0.39 is 106 Å². The standard InChI is InChI=1S/C43H72O10.C42H69O10.C7H7Br.Na.H2O/c1-12-31(29(9)44)33-16-15-24(4)38(50-33)28(8)36(46)27(7)37(47)32(13-2)39-25(5)23-26(6)42(51-39)20-17-34(45)43(53-42)22-21-40(11,52-43)35-18-19-41(48,14-3)30(10)49-35;1-11-30(23-43)32-15-14-24(4)37(49-32)28(8)35(45)27(7)36(46)31(12-2)38-25(5)22-26(6)41(50-38)19-16-33(44)42(52-41)21-20-39(10,51-42)34-17-18-40(47,13-3)29(9)48-34;8-6-7-4-2-1-3-5-7;;/h17,20,24-28,30-36,38-39,45-46,48H,12-16,18-19,21-23H2,1-11H3;16,19,24-35,37-38,44-45,47H,11-15,17-18,20-22H2,1-10H3;1-5H,6H2;;1H2/q;-1;;+1;/p-1/t24-,25-,26+,27-,28-,30-,31-,32-,33+,34+,35+,36+,38+,39-,40-,41+,42-,43-;24-,25-,26+,27-,28-,29-,30-,31-,32+,33+,34+,35+,37+,38-,39-,40+,41-,42-;;;/m00.../s1. The fourth-order valence-corrected chi connectivity index (χ4v) is 22.0. The Kier molecular flexibility index (Phi) is 36.0. The number of aliphatic hydroxyl groups is 6. The molecule has 0 radical (unpaired) electrons. The number of rotatable bonds is 25. The number of alkyl halides is 1. The molecule has 8 fully saturated rings. The van der Waals surface area contributed by atoms with Gasteiger partial charge in [0, 0.05) is 77.5 Å². The van der Waals surface area contributed by atoms with E-state index in [1.54, 1.807) is 19.1 Å². The molecule has 1 aromatic rings. The second kappa shape index (κ2) is 41.3. The molecule has 11 rings (SSSR count). The second-order valence-electron chi connectivity index (χ2n) is 37.5. The number of carbonyl (C=O) groups excluding carboxylic acids is 4. The van der Waals surface area contributed by atoms with Crippen molar-refractivity contribution in [2.24, 2.45) is 82.9 Å². The minimum absolute atomic E-state index is 0. The molecule has 4 spiro atoms. The average Bonchev–Trinajstić information content (AvgIpc) is 1.43. The van der Waals surface area contributed by atoms with Gasteiger partial charge in [-0.15, -0.1) is 5.92 Å². The van der Waals surface area contributed by atoms with E-state index in [2.05, 4.69) is 75.9 Å². The Balaban J connectivity index is 0.000000285. The maximum absolute atomic E-state index is 14.5. The van der Waals surface area contributed by atoms with Gasteiger partial charge in [-0.3, -0.25) is 20.7 Å². The molecule has 0 saturated carbocycles. The van der Waals surface area contributed by atoms with Gasteiger partial charge >= 0.3 is 29.6 Å². The van der Waals surface area contributed by atoms with Gasteiger partial charge in [0.2, 0.25) is 11.6 Å². The Bertz CT molecular complexity index is 3330. The van der Waals surface area contributed by atoms with Crippen LogP contribution in [0.15, 0.2) is 54.6 Å². The number of carbonyl (C=O) groups is 3. The minimum Gasteiger partial charge on any atom is -0.870 e. The van der Waals surface area contributed by atoms with Crippen LogP contribution in [0.3, 0.4) is 0 Å². The zero-order chi connectivity index (χ0) is 83.5. The molecule has 8 saturated heterocycles. The molecule has 23 heteroatoms. The summed E-state index contributed by atoms with van der Waals surface area (Å²) in [5, 5.41) is 69.4. The van der Waals surface area contributed by atoms with Gasteiger partial charge in [-0.05, 0) is 197 Å². The molecule has 0 bridgehead atoms. The van der Waals surface area contributed by atoms with Crippen molar-refractivity contribution in [3.63, 3.8) is 0 Å². The summed E-state index contributed by atoms with van der Waals surface area (Å²) < 4.78 is 67.3. The molecule has 21 nitrogen and oxygen atoms in total. The van der Waals surface area contributed by atoms with E-state index in [9.17, 15) is 49.8 Å². The van der Waals surface area contributed by atoms with Gasteiger partial charge in [-0.1, -0.05) is 163 Å². The summed E-state index contributed by atoms with van der Waals surface area (Å²) in [6.45, 7) is 41.5. The summed E-state index contributed by atoms with van der Waals surface area (Å²) in [6, 6.07) is 10.3. The van der Waals surface area contributed by atoms with Crippen molar-refractivity contribution in [1.29, 1.82) is 0 Å². The maximum atomic E-state index is 14.5. The molecule has 10 aliphatic heterocycles.